The zero-order valence-electron chi connectivity index (χ0n) is 7.76. The van der Waals surface area contributed by atoms with Gasteiger partial charge in [-0.25, -0.2) is 0 Å². The highest BCUT2D eigenvalue weighted by atomic mass is 35.6. The molecular formula is C9H15ClN2Si. The molecule has 2 N–H and O–H groups in total. The number of likely N-dealkylation sites (N-methyl/N-ethyl adjacent to an activating group) is 1. The fourth-order valence-corrected chi connectivity index (χ4v) is 3.02. The molecule has 0 fully saturated rings. The second kappa shape index (κ2) is 6.15. The number of hydrogen-bond donors (Lipinski definition) is 2. The fourth-order valence-electron chi connectivity index (χ4n) is 1.06. The van der Waals surface area contributed by atoms with Crippen LogP contribution in [-0.4, -0.2) is 28.4 Å². The molecule has 4 heteroatoms. The lowest BCUT2D eigenvalue weighted by molar-refractivity contribution is 0.768. The summed E-state index contributed by atoms with van der Waals surface area (Å²) in [5.74, 6) is 0. The second-order valence-corrected chi connectivity index (χ2v) is 5.94. The molecule has 0 aromatic heterocycles. The van der Waals surface area contributed by atoms with E-state index in [0.717, 1.165) is 13.1 Å². The van der Waals surface area contributed by atoms with Crippen molar-refractivity contribution < 1.29 is 0 Å². The van der Waals surface area contributed by atoms with Crippen LogP contribution in [0.5, 0.6) is 0 Å². The largest absolute Gasteiger partial charge is 0.323 e. The van der Waals surface area contributed by atoms with E-state index in [1.807, 2.05) is 25.2 Å². The predicted molar refractivity (Wildman–Crippen MR) is 61.0 cm³/mol. The second-order valence-electron chi connectivity index (χ2n) is 2.83. The van der Waals surface area contributed by atoms with Crippen molar-refractivity contribution in [2.75, 3.05) is 20.1 Å². The van der Waals surface area contributed by atoms with Gasteiger partial charge < -0.3 is 10.3 Å². The first-order valence-corrected chi connectivity index (χ1v) is 7.31. The van der Waals surface area contributed by atoms with Crippen LogP contribution in [0.15, 0.2) is 30.3 Å². The van der Waals surface area contributed by atoms with Crippen LogP contribution in [0.25, 0.3) is 0 Å². The summed E-state index contributed by atoms with van der Waals surface area (Å²) < 4.78 is 0. The van der Waals surface area contributed by atoms with E-state index in [0.29, 0.717) is 0 Å². The topological polar surface area (TPSA) is 24.1 Å². The third-order valence-electron chi connectivity index (χ3n) is 1.79. The third kappa shape index (κ3) is 3.91. The molecule has 0 aliphatic heterocycles. The molecule has 0 aliphatic rings. The van der Waals surface area contributed by atoms with Crippen LogP contribution in [-0.2, 0) is 0 Å². The molecule has 0 saturated heterocycles. The lowest BCUT2D eigenvalue weighted by Gasteiger charge is -2.09. The summed E-state index contributed by atoms with van der Waals surface area (Å²) in [5, 5.41) is 4.33. The first-order chi connectivity index (χ1) is 6.34. The Labute approximate surface area is 85.7 Å². The zero-order valence-corrected chi connectivity index (χ0v) is 9.67. The highest BCUT2D eigenvalue weighted by Gasteiger charge is 2.07. The first-order valence-electron chi connectivity index (χ1n) is 4.41. The summed E-state index contributed by atoms with van der Waals surface area (Å²) >= 11 is 6.24. The van der Waals surface area contributed by atoms with Crippen molar-refractivity contribution in [2.45, 2.75) is 0 Å². The van der Waals surface area contributed by atoms with Crippen LogP contribution in [0.2, 0.25) is 0 Å². The van der Waals surface area contributed by atoms with Crippen LogP contribution >= 0.6 is 11.1 Å². The maximum absolute atomic E-state index is 6.24. The van der Waals surface area contributed by atoms with E-state index in [-0.39, 0.29) is 0 Å². The predicted octanol–water partition coefficient (Wildman–Crippen LogP) is 0.162. The van der Waals surface area contributed by atoms with Crippen molar-refractivity contribution in [1.29, 1.82) is 0 Å². The molecule has 1 rings (SSSR count). The Bertz CT molecular complexity index is 230. The smallest absolute Gasteiger partial charge is 0.242 e. The van der Waals surface area contributed by atoms with Crippen molar-refractivity contribution >= 4 is 24.5 Å². The molecule has 13 heavy (non-hydrogen) atoms. The molecule has 1 aromatic carbocycles. The Kier molecular flexibility index (Phi) is 5.08. The average molecular weight is 215 g/mol. The maximum Gasteiger partial charge on any atom is 0.242 e. The fraction of sp³-hybridized carbons (Fsp3) is 0.333. The number of nitrogens with one attached hydrogen (secondary N) is 2. The van der Waals surface area contributed by atoms with Gasteiger partial charge in [0.05, 0.1) is 0 Å². The Morgan fingerprint density at radius 2 is 1.92 bits per heavy atom. The minimum Gasteiger partial charge on any atom is -0.323 e. The third-order valence-corrected chi connectivity index (χ3v) is 4.63. The molecule has 0 heterocycles. The Balaban J connectivity index is 2.35. The summed E-state index contributed by atoms with van der Waals surface area (Å²) in [7, 11) is 0.530. The van der Waals surface area contributed by atoms with Crippen molar-refractivity contribution in [3.63, 3.8) is 0 Å². The summed E-state index contributed by atoms with van der Waals surface area (Å²) in [6.07, 6.45) is 0. The van der Waals surface area contributed by atoms with Gasteiger partial charge in [-0.2, -0.15) is 0 Å². The summed E-state index contributed by atoms with van der Waals surface area (Å²) in [6.45, 7) is 1.90. The van der Waals surface area contributed by atoms with Gasteiger partial charge in [-0.15, -0.1) is 11.1 Å². The van der Waals surface area contributed by atoms with Gasteiger partial charge in [0.25, 0.3) is 0 Å². The van der Waals surface area contributed by atoms with Gasteiger partial charge in [0.1, 0.15) is 0 Å². The summed E-state index contributed by atoms with van der Waals surface area (Å²) in [4.78, 5) is 3.34. The Morgan fingerprint density at radius 1 is 1.23 bits per heavy atom. The molecule has 1 unspecified atom stereocenters. The monoisotopic (exact) mass is 214 g/mol. The van der Waals surface area contributed by atoms with Gasteiger partial charge in [0.15, 0.2) is 0 Å². The lowest BCUT2D eigenvalue weighted by Crippen LogP contribution is -2.42. The number of hydrogen-bond acceptors (Lipinski definition) is 2. The highest BCUT2D eigenvalue weighted by Crippen LogP contribution is 1.89. The van der Waals surface area contributed by atoms with Gasteiger partial charge in [-0.05, 0) is 12.2 Å². The quantitative estimate of drug-likeness (QED) is 0.415. The van der Waals surface area contributed by atoms with E-state index in [9.17, 15) is 0 Å². The van der Waals surface area contributed by atoms with Crippen molar-refractivity contribution in [3.05, 3.63) is 30.3 Å². The minimum atomic E-state index is -1.41. The minimum absolute atomic E-state index is 0.936. The Hall–Kier alpha value is -0.353. The summed E-state index contributed by atoms with van der Waals surface area (Å²) in [6, 6.07) is 10.2. The average Bonchev–Trinajstić information content (AvgIpc) is 2.19. The molecule has 0 saturated carbocycles. The van der Waals surface area contributed by atoms with Crippen LogP contribution in [0.4, 0.5) is 0 Å². The maximum atomic E-state index is 6.24. The normalized spacial score (nSPS) is 12.8. The van der Waals surface area contributed by atoms with Crippen LogP contribution < -0.4 is 15.5 Å². The van der Waals surface area contributed by atoms with Gasteiger partial charge in [-0.3, -0.25) is 0 Å². The molecular weight excluding hydrogens is 200 g/mol. The molecule has 0 aliphatic carbocycles. The standard InChI is InChI=1S/C9H15ClN2Si/c1-11-7-8-12-13(10)9-5-3-2-4-6-9/h2-6,11-13H,7-8H2,1H3. The Morgan fingerprint density at radius 3 is 2.54 bits per heavy atom. The molecule has 1 aromatic rings. The molecule has 0 spiro atoms. The van der Waals surface area contributed by atoms with E-state index >= 15 is 0 Å². The van der Waals surface area contributed by atoms with Gasteiger partial charge in [-0.1, -0.05) is 30.3 Å². The van der Waals surface area contributed by atoms with E-state index in [4.69, 9.17) is 11.1 Å². The molecule has 0 bridgehead atoms. The van der Waals surface area contributed by atoms with Crippen LogP contribution in [0.1, 0.15) is 0 Å². The SMILES string of the molecule is CNCCN[SiH](Cl)c1ccccc1. The lowest BCUT2D eigenvalue weighted by atomic mass is 10.4. The number of rotatable bonds is 5. The van der Waals surface area contributed by atoms with E-state index in [1.54, 1.807) is 0 Å². The van der Waals surface area contributed by atoms with Gasteiger partial charge in [0.2, 0.25) is 8.27 Å². The number of benzene rings is 1. The van der Waals surface area contributed by atoms with Crippen LogP contribution in [0.3, 0.4) is 0 Å². The molecule has 1 atom stereocenters. The van der Waals surface area contributed by atoms with E-state index in [2.05, 4.69) is 22.4 Å². The van der Waals surface area contributed by atoms with Crippen molar-refractivity contribution in [2.24, 2.45) is 0 Å². The van der Waals surface area contributed by atoms with Crippen molar-refractivity contribution in [1.82, 2.24) is 10.3 Å². The van der Waals surface area contributed by atoms with E-state index < -0.39 is 8.27 Å². The van der Waals surface area contributed by atoms with E-state index in [1.165, 1.54) is 5.19 Å². The summed E-state index contributed by atoms with van der Waals surface area (Å²) in [5.41, 5.74) is 0. The highest BCUT2D eigenvalue weighted by molar-refractivity contribution is 7.12. The molecule has 0 radical (unpaired) electrons. The van der Waals surface area contributed by atoms with Gasteiger partial charge >= 0.3 is 0 Å². The first kappa shape index (κ1) is 10.7. The molecule has 72 valence electrons. The number of halogens is 1. The van der Waals surface area contributed by atoms with Crippen molar-refractivity contribution in [3.8, 4) is 0 Å². The van der Waals surface area contributed by atoms with Gasteiger partial charge in [0, 0.05) is 13.1 Å². The molecule has 0 amide bonds. The molecule has 2 nitrogen and oxygen atoms in total. The zero-order chi connectivity index (χ0) is 9.52. The van der Waals surface area contributed by atoms with Crippen LogP contribution in [0, 0.1) is 0 Å².